The molecule has 0 bridgehead atoms. The fraction of sp³-hybridized carbons (Fsp3) is 0.526. The van der Waals surface area contributed by atoms with Crippen LogP contribution in [0.1, 0.15) is 20.3 Å². The molecule has 2 rings (SSSR count). The highest BCUT2D eigenvalue weighted by atomic mass is 19.1. The summed E-state index contributed by atoms with van der Waals surface area (Å²) >= 11 is 0. The molecule has 0 aromatic heterocycles. The molecule has 0 radical (unpaired) electrons. The van der Waals surface area contributed by atoms with Gasteiger partial charge >= 0.3 is 0 Å². The van der Waals surface area contributed by atoms with Gasteiger partial charge in [0.1, 0.15) is 23.7 Å². The Bertz CT molecular complexity index is 804. The summed E-state index contributed by atoms with van der Waals surface area (Å²) in [7, 11) is 0. The van der Waals surface area contributed by atoms with Gasteiger partial charge in [0.25, 0.3) is 17.7 Å². The molecule has 3 atom stereocenters. The van der Waals surface area contributed by atoms with Crippen molar-refractivity contribution in [3.63, 3.8) is 0 Å². The van der Waals surface area contributed by atoms with E-state index in [4.69, 9.17) is 4.74 Å². The molecule has 3 amide bonds. The number of benzene rings is 1. The molecule has 11 heteroatoms. The van der Waals surface area contributed by atoms with Crippen LogP contribution in [0, 0.1) is 5.82 Å². The molecule has 1 aliphatic heterocycles. The van der Waals surface area contributed by atoms with Gasteiger partial charge in [0, 0.05) is 19.2 Å². The zero-order valence-corrected chi connectivity index (χ0v) is 16.7. The van der Waals surface area contributed by atoms with E-state index in [0.717, 1.165) is 24.0 Å². The first kappa shape index (κ1) is 23.5. The average molecular weight is 429 g/mol. The highest BCUT2D eigenvalue weighted by molar-refractivity contribution is 6.10. The van der Waals surface area contributed by atoms with E-state index in [1.807, 2.05) is 0 Å². The first-order chi connectivity index (χ1) is 14.1. The van der Waals surface area contributed by atoms with Crippen LogP contribution in [0.2, 0.25) is 0 Å². The molecule has 9 nitrogen and oxygen atoms in total. The van der Waals surface area contributed by atoms with Gasteiger partial charge in [0.2, 0.25) is 5.60 Å². The van der Waals surface area contributed by atoms with E-state index in [2.05, 4.69) is 10.6 Å². The molecule has 1 aromatic rings. The minimum atomic E-state index is -2.54. The summed E-state index contributed by atoms with van der Waals surface area (Å²) in [6.45, 7) is 1.03. The van der Waals surface area contributed by atoms with Crippen molar-refractivity contribution in [1.82, 2.24) is 10.6 Å². The number of fused-ring (bicyclic) bond motifs is 1. The number of nitrogens with zero attached hydrogens (tertiary/aromatic N) is 1. The number of hydrogen-bond acceptors (Lipinski definition) is 6. The monoisotopic (exact) mass is 429 g/mol. The number of β-amino-alcohol motifs (C(OH)–C–C–N with tert-alkyl or cyclic N) is 1. The molecule has 30 heavy (non-hydrogen) atoms. The Morgan fingerprint density at radius 1 is 1.33 bits per heavy atom. The Kier molecular flexibility index (Phi) is 7.68. The van der Waals surface area contributed by atoms with Crippen molar-refractivity contribution in [1.29, 1.82) is 0 Å². The summed E-state index contributed by atoms with van der Waals surface area (Å²) in [4.78, 5) is 38.8. The van der Waals surface area contributed by atoms with Crippen molar-refractivity contribution in [3.8, 4) is 5.75 Å². The van der Waals surface area contributed by atoms with Crippen LogP contribution in [0.5, 0.6) is 5.75 Å². The molecule has 1 aromatic carbocycles. The van der Waals surface area contributed by atoms with Crippen LogP contribution >= 0.6 is 0 Å². The number of amides is 3. The van der Waals surface area contributed by atoms with Crippen LogP contribution in [-0.2, 0) is 14.4 Å². The molecule has 0 saturated carbocycles. The number of hydrogen-bond donors (Lipinski definition) is 4. The standard InChI is InChI=1S/C19H25F2N3O6/c1-11-15(23-18(28)19(2,29)17(27)22-7-3-6-20)16(26)24(8-9-25)13-10-12(21)4-5-14(13)30-11/h4-5,10-11,15,25,29H,3,6-9H2,1-2H3,(H,22,27)(H,23,28)/t11-,15+,19?/m1/s1. The van der Waals surface area contributed by atoms with Crippen LogP contribution in [0.25, 0.3) is 0 Å². The Labute approximate surface area is 172 Å². The second-order valence-corrected chi connectivity index (χ2v) is 6.97. The fourth-order valence-electron chi connectivity index (χ4n) is 2.89. The van der Waals surface area contributed by atoms with Gasteiger partial charge in [-0.1, -0.05) is 0 Å². The normalized spacial score (nSPS) is 20.5. The van der Waals surface area contributed by atoms with Crippen molar-refractivity contribution in [2.75, 3.05) is 31.3 Å². The Hall–Kier alpha value is -2.79. The van der Waals surface area contributed by atoms with Crippen molar-refractivity contribution < 1.29 is 38.1 Å². The predicted octanol–water partition coefficient (Wildman–Crippen LogP) is -0.356. The van der Waals surface area contributed by atoms with Crippen molar-refractivity contribution in [2.24, 2.45) is 0 Å². The van der Waals surface area contributed by atoms with Gasteiger partial charge < -0.3 is 30.5 Å². The molecule has 1 unspecified atom stereocenters. The van der Waals surface area contributed by atoms with Crippen molar-refractivity contribution >= 4 is 23.4 Å². The van der Waals surface area contributed by atoms with E-state index in [0.29, 0.717) is 0 Å². The summed E-state index contributed by atoms with van der Waals surface area (Å²) in [5.74, 6) is -3.41. The number of halogens is 2. The molecule has 0 aliphatic carbocycles. The lowest BCUT2D eigenvalue weighted by Crippen LogP contribution is -2.62. The number of nitrogens with one attached hydrogen (secondary N) is 2. The Balaban J connectivity index is 2.25. The van der Waals surface area contributed by atoms with Gasteiger partial charge in [-0.25, -0.2) is 4.39 Å². The topological polar surface area (TPSA) is 128 Å². The van der Waals surface area contributed by atoms with Crippen LogP contribution in [0.3, 0.4) is 0 Å². The fourth-order valence-corrected chi connectivity index (χ4v) is 2.89. The van der Waals surface area contributed by atoms with Gasteiger partial charge in [-0.05, 0) is 32.4 Å². The summed E-state index contributed by atoms with van der Waals surface area (Å²) in [5.41, 5.74) is -2.46. The number of aliphatic hydroxyl groups excluding tert-OH is 1. The zero-order chi connectivity index (χ0) is 22.5. The lowest BCUT2D eigenvalue weighted by atomic mass is 10.0. The summed E-state index contributed by atoms with van der Waals surface area (Å²) < 4.78 is 31.6. The number of carbonyl (C=O) groups excluding carboxylic acids is 3. The van der Waals surface area contributed by atoms with Gasteiger partial charge in [-0.15, -0.1) is 0 Å². The molecule has 0 fully saturated rings. The molecule has 0 spiro atoms. The molecule has 1 heterocycles. The van der Waals surface area contributed by atoms with E-state index in [1.165, 1.54) is 13.0 Å². The van der Waals surface area contributed by atoms with Gasteiger partial charge in [0.15, 0.2) is 0 Å². The average Bonchev–Trinajstić information content (AvgIpc) is 2.78. The van der Waals surface area contributed by atoms with Gasteiger partial charge in [0.05, 0.1) is 19.0 Å². The summed E-state index contributed by atoms with van der Waals surface area (Å²) in [6, 6.07) is 2.18. The van der Waals surface area contributed by atoms with Gasteiger partial charge in [-0.2, -0.15) is 0 Å². The second kappa shape index (κ2) is 9.81. The summed E-state index contributed by atoms with van der Waals surface area (Å²) in [6.07, 6.45) is -0.930. The van der Waals surface area contributed by atoms with E-state index in [9.17, 15) is 33.4 Å². The molecule has 166 valence electrons. The van der Waals surface area contributed by atoms with Gasteiger partial charge in [-0.3, -0.25) is 18.8 Å². The van der Waals surface area contributed by atoms with Crippen LogP contribution in [-0.4, -0.2) is 72.1 Å². The number of ether oxygens (including phenoxy) is 1. The zero-order valence-electron chi connectivity index (χ0n) is 16.7. The number of carbonyl (C=O) groups is 3. The molecular formula is C19H25F2N3O6. The largest absolute Gasteiger partial charge is 0.486 e. The Morgan fingerprint density at radius 3 is 2.67 bits per heavy atom. The SMILES string of the molecule is C[C@H]1Oc2ccc(F)cc2N(CCO)C(=O)[C@H]1NC(=O)C(C)(O)C(=O)NCCCF. The lowest BCUT2D eigenvalue weighted by molar-refractivity contribution is -0.153. The first-order valence-electron chi connectivity index (χ1n) is 9.39. The maximum absolute atomic E-state index is 13.7. The maximum Gasteiger partial charge on any atom is 0.262 e. The number of alkyl halides is 1. The van der Waals surface area contributed by atoms with Crippen molar-refractivity contribution in [3.05, 3.63) is 24.0 Å². The van der Waals surface area contributed by atoms with Crippen molar-refractivity contribution in [2.45, 2.75) is 38.0 Å². The maximum atomic E-state index is 13.7. The third kappa shape index (κ3) is 5.03. The van der Waals surface area contributed by atoms with Crippen LogP contribution < -0.4 is 20.3 Å². The quantitative estimate of drug-likeness (QED) is 0.330. The number of rotatable bonds is 8. The van der Waals surface area contributed by atoms with E-state index in [-0.39, 0.29) is 30.9 Å². The van der Waals surface area contributed by atoms with Crippen LogP contribution in [0.4, 0.5) is 14.5 Å². The highest BCUT2D eigenvalue weighted by Crippen LogP contribution is 2.33. The highest BCUT2D eigenvalue weighted by Gasteiger charge is 2.44. The third-order valence-electron chi connectivity index (χ3n) is 4.62. The van der Waals surface area contributed by atoms with Crippen LogP contribution in [0.15, 0.2) is 18.2 Å². The lowest BCUT2D eigenvalue weighted by Gasteiger charge is -2.29. The van der Waals surface area contributed by atoms with E-state index in [1.54, 1.807) is 0 Å². The smallest absolute Gasteiger partial charge is 0.262 e. The van der Waals surface area contributed by atoms with E-state index >= 15 is 0 Å². The third-order valence-corrected chi connectivity index (χ3v) is 4.62. The number of anilines is 1. The number of aliphatic hydroxyl groups is 2. The molecule has 0 saturated heterocycles. The predicted molar refractivity (Wildman–Crippen MR) is 102 cm³/mol. The van der Waals surface area contributed by atoms with E-state index < -0.39 is 54.6 Å². The second-order valence-electron chi connectivity index (χ2n) is 6.97. The molecule has 4 N–H and O–H groups in total. The first-order valence-corrected chi connectivity index (χ1v) is 9.39. The Morgan fingerprint density at radius 2 is 2.03 bits per heavy atom. The molecular weight excluding hydrogens is 404 g/mol. The summed E-state index contributed by atoms with van der Waals surface area (Å²) in [5, 5.41) is 24.2. The molecule has 1 aliphatic rings. The minimum Gasteiger partial charge on any atom is -0.486 e. The minimum absolute atomic E-state index is 0.0142.